The second-order valence-electron chi connectivity index (χ2n) is 6.73. The van der Waals surface area contributed by atoms with E-state index in [9.17, 15) is 19.2 Å². The number of rotatable bonds is 11. The number of amides is 2. The van der Waals surface area contributed by atoms with Crippen LogP contribution in [0.2, 0.25) is 0 Å². The van der Waals surface area contributed by atoms with Crippen LogP contribution < -0.4 is 11.3 Å². The van der Waals surface area contributed by atoms with Crippen LogP contribution in [0.3, 0.4) is 0 Å². The maximum atomic E-state index is 12.6. The lowest BCUT2D eigenvalue weighted by Gasteiger charge is -2.22. The summed E-state index contributed by atoms with van der Waals surface area (Å²) in [6, 6.07) is 11.7. The fourth-order valence-electron chi connectivity index (χ4n) is 2.66. The third kappa shape index (κ3) is 7.16. The minimum Gasteiger partial charge on any atom is -0.451 e. The highest BCUT2D eigenvalue weighted by atomic mass is 16.5. The molecule has 0 atom stereocenters. The fourth-order valence-corrected chi connectivity index (χ4v) is 2.66. The number of benzene rings is 1. The molecular formula is C21H26N4O5. The summed E-state index contributed by atoms with van der Waals surface area (Å²) in [6.07, 6.45) is 1.62. The maximum Gasteiger partial charge on any atom is 0.359 e. The monoisotopic (exact) mass is 414 g/mol. The van der Waals surface area contributed by atoms with Crippen molar-refractivity contribution in [3.8, 4) is 0 Å². The van der Waals surface area contributed by atoms with Crippen molar-refractivity contribution in [2.45, 2.75) is 39.3 Å². The molecule has 0 radical (unpaired) electrons. The summed E-state index contributed by atoms with van der Waals surface area (Å²) in [6.45, 7) is 2.23. The van der Waals surface area contributed by atoms with Crippen LogP contribution in [-0.2, 0) is 27.4 Å². The number of carbonyl (C=O) groups is 3. The van der Waals surface area contributed by atoms with Gasteiger partial charge in [0.05, 0.1) is 0 Å². The lowest BCUT2D eigenvalue weighted by atomic mass is 10.2. The fraction of sp³-hybridized carbons (Fsp3) is 0.381. The van der Waals surface area contributed by atoms with E-state index >= 15 is 0 Å². The van der Waals surface area contributed by atoms with Gasteiger partial charge in [-0.05, 0) is 18.1 Å². The zero-order valence-corrected chi connectivity index (χ0v) is 17.0. The van der Waals surface area contributed by atoms with Gasteiger partial charge < -0.3 is 15.4 Å². The first kappa shape index (κ1) is 22.8. The number of hydrogen-bond acceptors (Lipinski definition) is 6. The van der Waals surface area contributed by atoms with Crippen LogP contribution in [0, 0.1) is 0 Å². The van der Waals surface area contributed by atoms with Crippen molar-refractivity contribution in [3.05, 3.63) is 64.1 Å². The molecule has 9 nitrogen and oxygen atoms in total. The van der Waals surface area contributed by atoms with Crippen molar-refractivity contribution in [1.29, 1.82) is 0 Å². The molecule has 1 aromatic heterocycles. The van der Waals surface area contributed by atoms with Gasteiger partial charge in [0.25, 0.3) is 11.5 Å². The summed E-state index contributed by atoms with van der Waals surface area (Å²) >= 11 is 0. The zero-order chi connectivity index (χ0) is 21.9. The van der Waals surface area contributed by atoms with Crippen molar-refractivity contribution >= 4 is 17.8 Å². The molecule has 2 aromatic rings. The van der Waals surface area contributed by atoms with E-state index in [1.54, 1.807) is 0 Å². The summed E-state index contributed by atoms with van der Waals surface area (Å²) in [5, 5.41) is 4.00. The van der Waals surface area contributed by atoms with E-state index in [0.29, 0.717) is 6.54 Å². The predicted octanol–water partition coefficient (Wildman–Crippen LogP) is 1.10. The van der Waals surface area contributed by atoms with E-state index in [4.69, 9.17) is 10.5 Å². The Hall–Kier alpha value is -3.49. The summed E-state index contributed by atoms with van der Waals surface area (Å²) in [5.41, 5.74) is 5.70. The van der Waals surface area contributed by atoms with Crippen LogP contribution >= 0.6 is 0 Å². The van der Waals surface area contributed by atoms with Gasteiger partial charge in [0.1, 0.15) is 0 Å². The number of nitrogens with zero attached hydrogens (tertiary/aromatic N) is 3. The Morgan fingerprint density at radius 1 is 1.13 bits per heavy atom. The zero-order valence-electron chi connectivity index (χ0n) is 17.0. The number of unbranched alkanes of at least 4 members (excludes halogenated alkanes) is 1. The molecule has 2 amide bonds. The largest absolute Gasteiger partial charge is 0.451 e. The van der Waals surface area contributed by atoms with Gasteiger partial charge in [-0.25, -0.2) is 9.48 Å². The van der Waals surface area contributed by atoms with Crippen LogP contribution in [0.4, 0.5) is 0 Å². The van der Waals surface area contributed by atoms with Crippen LogP contribution in [0.15, 0.2) is 47.3 Å². The Kier molecular flexibility index (Phi) is 8.74. The second kappa shape index (κ2) is 11.5. The molecule has 2 N–H and O–H groups in total. The number of aromatic nitrogens is 2. The highest BCUT2D eigenvalue weighted by molar-refractivity contribution is 5.89. The number of hydrogen-bond donors (Lipinski definition) is 1. The smallest absolute Gasteiger partial charge is 0.359 e. The van der Waals surface area contributed by atoms with E-state index in [1.807, 2.05) is 37.3 Å². The van der Waals surface area contributed by atoms with Gasteiger partial charge in [-0.3, -0.25) is 14.4 Å². The summed E-state index contributed by atoms with van der Waals surface area (Å²) in [5.74, 6) is -1.80. The highest BCUT2D eigenvalue weighted by Crippen LogP contribution is 2.07. The standard InChI is InChI=1S/C21H26N4O5/c1-2-3-12-25-19(27)10-9-17(23-25)21(29)30-15-20(28)24(13-11-18(22)26)14-16-7-5-4-6-8-16/h4-10H,2-3,11-15H2,1H3,(H2,22,26). The van der Waals surface area contributed by atoms with Crippen molar-refractivity contribution in [1.82, 2.24) is 14.7 Å². The molecule has 0 bridgehead atoms. The first-order chi connectivity index (χ1) is 14.4. The van der Waals surface area contributed by atoms with Gasteiger partial charge >= 0.3 is 5.97 Å². The van der Waals surface area contributed by atoms with Gasteiger partial charge in [-0.2, -0.15) is 5.10 Å². The Balaban J connectivity index is 2.01. The van der Waals surface area contributed by atoms with Gasteiger partial charge in [0.2, 0.25) is 5.91 Å². The quantitative estimate of drug-likeness (QED) is 0.549. The Morgan fingerprint density at radius 3 is 2.53 bits per heavy atom. The molecule has 0 aliphatic rings. The van der Waals surface area contributed by atoms with Crippen LogP contribution in [0.1, 0.15) is 42.2 Å². The van der Waals surface area contributed by atoms with Gasteiger partial charge in [0.15, 0.2) is 12.3 Å². The third-order valence-corrected chi connectivity index (χ3v) is 4.32. The lowest BCUT2D eigenvalue weighted by molar-refractivity contribution is -0.135. The van der Waals surface area contributed by atoms with E-state index in [-0.39, 0.29) is 30.8 Å². The molecule has 0 aliphatic carbocycles. The summed E-state index contributed by atoms with van der Waals surface area (Å²) < 4.78 is 6.30. The predicted molar refractivity (Wildman–Crippen MR) is 109 cm³/mol. The molecule has 1 aromatic carbocycles. The van der Waals surface area contributed by atoms with Gasteiger partial charge in [-0.1, -0.05) is 43.7 Å². The maximum absolute atomic E-state index is 12.6. The van der Waals surface area contributed by atoms with E-state index in [1.165, 1.54) is 21.7 Å². The van der Waals surface area contributed by atoms with Crippen LogP contribution in [0.25, 0.3) is 0 Å². The highest BCUT2D eigenvalue weighted by Gasteiger charge is 2.19. The van der Waals surface area contributed by atoms with Gasteiger partial charge in [-0.15, -0.1) is 0 Å². The summed E-state index contributed by atoms with van der Waals surface area (Å²) in [7, 11) is 0. The Morgan fingerprint density at radius 2 is 1.87 bits per heavy atom. The first-order valence-electron chi connectivity index (χ1n) is 9.76. The molecule has 9 heteroatoms. The average Bonchev–Trinajstić information content (AvgIpc) is 2.74. The van der Waals surface area contributed by atoms with E-state index in [2.05, 4.69) is 5.10 Å². The Bertz CT molecular complexity index is 926. The van der Waals surface area contributed by atoms with Crippen molar-refractivity contribution in [3.63, 3.8) is 0 Å². The number of carbonyl (C=O) groups excluding carboxylic acids is 3. The van der Waals surface area contributed by atoms with Gasteiger partial charge in [0, 0.05) is 32.1 Å². The molecule has 1 heterocycles. The second-order valence-corrected chi connectivity index (χ2v) is 6.73. The number of primary amides is 1. The normalized spacial score (nSPS) is 10.4. The summed E-state index contributed by atoms with van der Waals surface area (Å²) in [4.78, 5) is 49.2. The number of ether oxygens (including phenoxy) is 1. The molecule has 0 saturated carbocycles. The molecule has 160 valence electrons. The number of nitrogens with two attached hydrogens (primary N) is 1. The Labute approximate surface area is 174 Å². The molecule has 0 saturated heterocycles. The van der Waals surface area contributed by atoms with Crippen LogP contribution in [0.5, 0.6) is 0 Å². The lowest BCUT2D eigenvalue weighted by Crippen LogP contribution is -2.36. The van der Waals surface area contributed by atoms with E-state index < -0.39 is 24.4 Å². The molecule has 30 heavy (non-hydrogen) atoms. The molecule has 0 aliphatic heterocycles. The topological polar surface area (TPSA) is 125 Å². The molecular weight excluding hydrogens is 388 g/mol. The van der Waals surface area contributed by atoms with Crippen molar-refractivity contribution in [2.75, 3.05) is 13.2 Å². The molecule has 2 rings (SSSR count). The minimum atomic E-state index is -0.803. The molecule has 0 fully saturated rings. The molecule has 0 unspecified atom stereocenters. The number of aryl methyl sites for hydroxylation is 1. The minimum absolute atomic E-state index is 0.00351. The first-order valence-corrected chi connectivity index (χ1v) is 9.76. The third-order valence-electron chi connectivity index (χ3n) is 4.32. The van der Waals surface area contributed by atoms with Crippen molar-refractivity contribution < 1.29 is 19.1 Å². The number of esters is 1. The van der Waals surface area contributed by atoms with Crippen molar-refractivity contribution in [2.24, 2.45) is 5.73 Å². The van der Waals surface area contributed by atoms with Crippen LogP contribution in [-0.4, -0.2) is 45.6 Å². The average molecular weight is 414 g/mol. The van der Waals surface area contributed by atoms with E-state index in [0.717, 1.165) is 18.4 Å². The molecule has 0 spiro atoms. The SMILES string of the molecule is CCCCn1nc(C(=O)OCC(=O)N(CCC(N)=O)Cc2ccccc2)ccc1=O.